The van der Waals surface area contributed by atoms with E-state index in [0.717, 1.165) is 19.4 Å². The molecule has 98 valence electrons. The first-order valence-corrected chi connectivity index (χ1v) is 7.06. The van der Waals surface area contributed by atoms with Crippen LogP contribution in [0, 0.1) is 11.7 Å². The average Bonchev–Trinajstić information content (AvgIpc) is 2.81. The van der Waals surface area contributed by atoms with E-state index < -0.39 is 0 Å². The molecule has 1 amide bonds. The number of hydrogen-bond donors (Lipinski definition) is 0. The van der Waals surface area contributed by atoms with Crippen molar-refractivity contribution in [3.63, 3.8) is 0 Å². The van der Waals surface area contributed by atoms with Gasteiger partial charge in [-0.05, 0) is 46.8 Å². The van der Waals surface area contributed by atoms with Gasteiger partial charge in [0, 0.05) is 12.6 Å². The Bertz CT molecular complexity index is 461. The average molecular weight is 314 g/mol. The van der Waals surface area contributed by atoms with Crippen LogP contribution in [0.1, 0.15) is 37.0 Å². The van der Waals surface area contributed by atoms with Crippen molar-refractivity contribution in [1.29, 1.82) is 0 Å². The van der Waals surface area contributed by atoms with Gasteiger partial charge >= 0.3 is 0 Å². The largest absolute Gasteiger partial charge is 0.335 e. The van der Waals surface area contributed by atoms with E-state index in [4.69, 9.17) is 0 Å². The number of nitrogens with zero attached hydrogens (tertiary/aromatic N) is 1. The zero-order valence-corrected chi connectivity index (χ0v) is 12.2. The fourth-order valence-corrected chi connectivity index (χ4v) is 3.00. The molecular weight excluding hydrogens is 297 g/mol. The molecule has 1 atom stereocenters. The van der Waals surface area contributed by atoms with Gasteiger partial charge in [-0.1, -0.05) is 19.9 Å². The summed E-state index contributed by atoms with van der Waals surface area (Å²) in [4.78, 5) is 14.3. The highest BCUT2D eigenvalue weighted by atomic mass is 79.9. The Labute approximate surface area is 115 Å². The lowest BCUT2D eigenvalue weighted by Crippen LogP contribution is -2.38. The summed E-state index contributed by atoms with van der Waals surface area (Å²) in [5.41, 5.74) is 0.419. The molecule has 0 N–H and O–H groups in total. The maximum atomic E-state index is 13.5. The summed E-state index contributed by atoms with van der Waals surface area (Å²) in [6.07, 6.45) is 2.07. The third-order valence-electron chi connectivity index (χ3n) is 3.51. The zero-order valence-electron chi connectivity index (χ0n) is 10.6. The maximum Gasteiger partial charge on any atom is 0.255 e. The molecule has 0 saturated carbocycles. The Hall–Kier alpha value is -0.900. The van der Waals surface area contributed by atoms with Gasteiger partial charge in [0.2, 0.25) is 0 Å². The summed E-state index contributed by atoms with van der Waals surface area (Å²) >= 11 is 3.16. The molecule has 1 saturated heterocycles. The van der Waals surface area contributed by atoms with Crippen molar-refractivity contribution in [2.24, 2.45) is 5.92 Å². The third kappa shape index (κ3) is 2.44. The first kappa shape index (κ1) is 13.5. The van der Waals surface area contributed by atoms with Crippen LogP contribution in [0.3, 0.4) is 0 Å². The molecule has 1 aliphatic heterocycles. The number of likely N-dealkylation sites (tertiary alicyclic amines) is 1. The minimum atomic E-state index is -0.388. The van der Waals surface area contributed by atoms with Crippen LogP contribution in [-0.2, 0) is 0 Å². The van der Waals surface area contributed by atoms with Gasteiger partial charge in [0.05, 0.1) is 10.0 Å². The predicted molar refractivity (Wildman–Crippen MR) is 73.0 cm³/mol. The molecule has 0 aromatic heterocycles. The van der Waals surface area contributed by atoms with Gasteiger partial charge in [0.25, 0.3) is 5.91 Å². The zero-order chi connectivity index (χ0) is 13.3. The van der Waals surface area contributed by atoms with Gasteiger partial charge in [-0.15, -0.1) is 0 Å². The van der Waals surface area contributed by atoms with Gasteiger partial charge in [0.1, 0.15) is 5.82 Å². The van der Waals surface area contributed by atoms with Crippen LogP contribution in [0.4, 0.5) is 4.39 Å². The Morgan fingerprint density at radius 2 is 2.22 bits per heavy atom. The Balaban J connectivity index is 2.28. The van der Waals surface area contributed by atoms with Crippen LogP contribution < -0.4 is 0 Å². The van der Waals surface area contributed by atoms with E-state index in [1.807, 2.05) is 4.90 Å². The van der Waals surface area contributed by atoms with Crippen LogP contribution in [0.2, 0.25) is 0 Å². The highest BCUT2D eigenvalue weighted by Crippen LogP contribution is 2.28. The van der Waals surface area contributed by atoms with E-state index in [9.17, 15) is 9.18 Å². The fraction of sp³-hybridized carbons (Fsp3) is 0.500. The lowest BCUT2D eigenvalue weighted by Gasteiger charge is -2.28. The molecule has 1 fully saturated rings. The van der Waals surface area contributed by atoms with E-state index >= 15 is 0 Å². The summed E-state index contributed by atoms with van der Waals surface area (Å²) < 4.78 is 13.7. The molecule has 4 heteroatoms. The monoisotopic (exact) mass is 313 g/mol. The van der Waals surface area contributed by atoms with Gasteiger partial charge < -0.3 is 4.90 Å². The van der Waals surface area contributed by atoms with Crippen molar-refractivity contribution in [1.82, 2.24) is 4.90 Å². The second-order valence-corrected chi connectivity index (χ2v) is 5.85. The smallest absolute Gasteiger partial charge is 0.255 e. The van der Waals surface area contributed by atoms with Crippen LogP contribution in [0.25, 0.3) is 0 Å². The maximum absolute atomic E-state index is 13.5. The van der Waals surface area contributed by atoms with Gasteiger partial charge in [-0.25, -0.2) is 4.39 Å². The standard InChI is InChI=1S/C14H17BrFNO/c1-9(2)12-7-4-8-17(12)14(18)10-5-3-6-11(16)13(10)15/h3,5-6,9,12H,4,7-8H2,1-2H3. The lowest BCUT2D eigenvalue weighted by atomic mass is 10.0. The van der Waals surface area contributed by atoms with Crippen LogP contribution in [-0.4, -0.2) is 23.4 Å². The molecule has 1 unspecified atom stereocenters. The first-order chi connectivity index (χ1) is 8.52. The quantitative estimate of drug-likeness (QED) is 0.812. The Kier molecular flexibility index (Phi) is 4.05. The molecule has 0 spiro atoms. The lowest BCUT2D eigenvalue weighted by molar-refractivity contribution is 0.0700. The summed E-state index contributed by atoms with van der Waals surface area (Å²) in [6, 6.07) is 4.87. The highest BCUT2D eigenvalue weighted by molar-refractivity contribution is 9.10. The molecule has 2 rings (SSSR count). The fourth-order valence-electron chi connectivity index (χ4n) is 2.56. The van der Waals surface area contributed by atoms with Crippen molar-refractivity contribution in [2.45, 2.75) is 32.7 Å². The van der Waals surface area contributed by atoms with Crippen molar-refractivity contribution in [3.8, 4) is 0 Å². The molecule has 2 nitrogen and oxygen atoms in total. The van der Waals surface area contributed by atoms with Crippen molar-refractivity contribution in [2.75, 3.05) is 6.54 Å². The van der Waals surface area contributed by atoms with Gasteiger partial charge in [0.15, 0.2) is 0 Å². The number of rotatable bonds is 2. The SMILES string of the molecule is CC(C)C1CCCN1C(=O)c1cccc(F)c1Br. The molecule has 0 radical (unpaired) electrons. The summed E-state index contributed by atoms with van der Waals surface area (Å²) in [5, 5.41) is 0. The number of hydrogen-bond acceptors (Lipinski definition) is 1. The number of benzene rings is 1. The van der Waals surface area contributed by atoms with Crippen LogP contribution >= 0.6 is 15.9 Å². The van der Waals surface area contributed by atoms with E-state index in [0.29, 0.717) is 11.5 Å². The minimum absolute atomic E-state index is 0.0717. The first-order valence-electron chi connectivity index (χ1n) is 6.27. The molecule has 0 bridgehead atoms. The molecule has 1 aliphatic rings. The number of halogens is 2. The summed E-state index contributed by atoms with van der Waals surface area (Å²) in [7, 11) is 0. The molecule has 1 aromatic carbocycles. The number of carbonyl (C=O) groups excluding carboxylic acids is 1. The second kappa shape index (κ2) is 5.39. The predicted octanol–water partition coefficient (Wildman–Crippen LogP) is 3.85. The number of amides is 1. The highest BCUT2D eigenvalue weighted by Gasteiger charge is 2.32. The van der Waals surface area contributed by atoms with Crippen molar-refractivity contribution in [3.05, 3.63) is 34.1 Å². The Morgan fingerprint density at radius 3 is 2.89 bits per heavy atom. The normalized spacial score (nSPS) is 19.6. The third-order valence-corrected chi connectivity index (χ3v) is 4.32. The van der Waals surface area contributed by atoms with Crippen molar-refractivity contribution < 1.29 is 9.18 Å². The van der Waals surface area contributed by atoms with E-state index in [1.54, 1.807) is 12.1 Å². The van der Waals surface area contributed by atoms with E-state index in [-0.39, 0.29) is 22.2 Å². The number of carbonyl (C=O) groups is 1. The molecule has 0 aliphatic carbocycles. The van der Waals surface area contributed by atoms with Gasteiger partial charge in [-0.3, -0.25) is 4.79 Å². The van der Waals surface area contributed by atoms with Crippen molar-refractivity contribution >= 4 is 21.8 Å². The molecule has 1 heterocycles. The van der Waals surface area contributed by atoms with Crippen LogP contribution in [0.5, 0.6) is 0 Å². The van der Waals surface area contributed by atoms with Gasteiger partial charge in [-0.2, -0.15) is 0 Å². The van der Waals surface area contributed by atoms with Crippen LogP contribution in [0.15, 0.2) is 22.7 Å². The van der Waals surface area contributed by atoms with E-state index in [2.05, 4.69) is 29.8 Å². The Morgan fingerprint density at radius 1 is 1.50 bits per heavy atom. The minimum Gasteiger partial charge on any atom is -0.335 e. The molecule has 1 aromatic rings. The molecule has 18 heavy (non-hydrogen) atoms. The summed E-state index contributed by atoms with van der Waals surface area (Å²) in [6.45, 7) is 5.01. The molecular formula is C14H17BrFNO. The van der Waals surface area contributed by atoms with E-state index in [1.165, 1.54) is 6.07 Å². The second-order valence-electron chi connectivity index (χ2n) is 5.05. The summed E-state index contributed by atoms with van der Waals surface area (Å²) in [5.74, 6) is -0.0255. The topological polar surface area (TPSA) is 20.3 Å².